The lowest BCUT2D eigenvalue weighted by Gasteiger charge is -2.38. The maximum atomic E-state index is 10.1. The van der Waals surface area contributed by atoms with Gasteiger partial charge in [0.1, 0.15) is 0 Å². The first-order valence-corrected chi connectivity index (χ1v) is 6.85. The van der Waals surface area contributed by atoms with E-state index in [1.54, 1.807) is 0 Å². The second-order valence-electron chi connectivity index (χ2n) is 5.14. The van der Waals surface area contributed by atoms with E-state index in [1.165, 1.54) is 25.7 Å². The minimum absolute atomic E-state index is 0.116. The van der Waals surface area contributed by atoms with Crippen molar-refractivity contribution in [3.8, 4) is 0 Å². The predicted molar refractivity (Wildman–Crippen MR) is 64.5 cm³/mol. The topological polar surface area (TPSA) is 32.7 Å². The third kappa shape index (κ3) is 2.96. The number of likely N-dealkylation sites (N-methyl/N-ethyl adjacent to an activating group) is 1. The van der Waals surface area contributed by atoms with E-state index in [0.29, 0.717) is 12.1 Å². The van der Waals surface area contributed by atoms with Crippen LogP contribution in [0.1, 0.15) is 45.4 Å². The van der Waals surface area contributed by atoms with Gasteiger partial charge in [-0.2, -0.15) is 0 Å². The normalized spacial score (nSPS) is 35.8. The summed E-state index contributed by atoms with van der Waals surface area (Å²) in [6.07, 6.45) is 7.28. The molecular weight excluding hydrogens is 202 g/mol. The molecule has 0 bridgehead atoms. The molecule has 2 aliphatic rings. The van der Waals surface area contributed by atoms with Crippen LogP contribution in [0.2, 0.25) is 0 Å². The summed E-state index contributed by atoms with van der Waals surface area (Å²) in [6.45, 7) is 5.16. The first-order valence-electron chi connectivity index (χ1n) is 6.85. The summed E-state index contributed by atoms with van der Waals surface area (Å²) in [7, 11) is 0. The summed E-state index contributed by atoms with van der Waals surface area (Å²) >= 11 is 0. The molecule has 0 aromatic rings. The van der Waals surface area contributed by atoms with Crippen LogP contribution in [0.4, 0.5) is 0 Å². The molecule has 1 heterocycles. The Balaban J connectivity index is 1.86. The highest BCUT2D eigenvalue weighted by Gasteiger charge is 2.30. The molecule has 1 unspecified atom stereocenters. The summed E-state index contributed by atoms with van der Waals surface area (Å²) in [4.78, 5) is 2.43. The molecule has 16 heavy (non-hydrogen) atoms. The van der Waals surface area contributed by atoms with E-state index in [-0.39, 0.29) is 6.10 Å². The first-order chi connectivity index (χ1) is 7.81. The fourth-order valence-electron chi connectivity index (χ4n) is 3.07. The molecule has 0 amide bonds. The van der Waals surface area contributed by atoms with Crippen molar-refractivity contribution in [1.82, 2.24) is 4.90 Å². The van der Waals surface area contributed by atoms with Crippen LogP contribution in [0.5, 0.6) is 0 Å². The van der Waals surface area contributed by atoms with E-state index < -0.39 is 0 Å². The second kappa shape index (κ2) is 5.99. The zero-order chi connectivity index (χ0) is 11.4. The fourth-order valence-corrected chi connectivity index (χ4v) is 3.07. The van der Waals surface area contributed by atoms with Crippen LogP contribution in [0.3, 0.4) is 0 Å². The smallest absolute Gasteiger partial charge is 0.0702 e. The zero-order valence-corrected chi connectivity index (χ0v) is 10.4. The van der Waals surface area contributed by atoms with E-state index >= 15 is 0 Å². The quantitative estimate of drug-likeness (QED) is 0.795. The van der Waals surface area contributed by atoms with Crippen molar-refractivity contribution in [3.63, 3.8) is 0 Å². The minimum Gasteiger partial charge on any atom is -0.391 e. The number of nitrogens with zero attached hydrogens (tertiary/aromatic N) is 1. The molecule has 0 aromatic heterocycles. The molecule has 1 aliphatic heterocycles. The average molecular weight is 227 g/mol. The van der Waals surface area contributed by atoms with E-state index in [0.717, 1.165) is 32.5 Å². The van der Waals surface area contributed by atoms with Gasteiger partial charge >= 0.3 is 0 Å². The lowest BCUT2D eigenvalue weighted by Crippen LogP contribution is -2.48. The molecule has 1 aliphatic carbocycles. The minimum atomic E-state index is -0.116. The number of ether oxygens (including phenoxy) is 1. The maximum absolute atomic E-state index is 10.1. The zero-order valence-electron chi connectivity index (χ0n) is 10.4. The molecule has 1 saturated carbocycles. The molecule has 2 fully saturated rings. The molecule has 0 spiro atoms. The number of hydrogen-bond acceptors (Lipinski definition) is 3. The van der Waals surface area contributed by atoms with Crippen molar-refractivity contribution in [2.45, 2.75) is 63.7 Å². The maximum Gasteiger partial charge on any atom is 0.0702 e. The Labute approximate surface area is 98.8 Å². The van der Waals surface area contributed by atoms with Crippen LogP contribution in [0.25, 0.3) is 0 Å². The monoisotopic (exact) mass is 227 g/mol. The molecule has 1 saturated heterocycles. The van der Waals surface area contributed by atoms with Crippen molar-refractivity contribution in [2.24, 2.45) is 0 Å². The first kappa shape index (κ1) is 12.3. The average Bonchev–Trinajstić information content (AvgIpc) is 2.80. The van der Waals surface area contributed by atoms with E-state index in [9.17, 15) is 5.11 Å². The Morgan fingerprint density at radius 3 is 2.62 bits per heavy atom. The molecule has 3 atom stereocenters. The van der Waals surface area contributed by atoms with Gasteiger partial charge in [-0.25, -0.2) is 0 Å². The Morgan fingerprint density at radius 2 is 2.00 bits per heavy atom. The van der Waals surface area contributed by atoms with E-state index in [1.807, 2.05) is 0 Å². The van der Waals surface area contributed by atoms with Crippen LogP contribution in [0, 0.1) is 0 Å². The third-order valence-electron chi connectivity index (χ3n) is 4.03. The SMILES string of the molecule is CCN(CC1CCCO1)[C@H]1CCCC[C@@H]1O. The highest BCUT2D eigenvalue weighted by molar-refractivity contribution is 4.84. The van der Waals surface area contributed by atoms with Crippen LogP contribution < -0.4 is 0 Å². The standard InChI is InChI=1S/C13H25NO2/c1-2-14(10-11-6-5-9-16-11)12-7-3-4-8-13(12)15/h11-13,15H,2-10H2,1H3/t11?,12-,13-/m0/s1. The molecule has 0 aromatic carbocycles. The Bertz CT molecular complexity index is 204. The Morgan fingerprint density at radius 1 is 1.19 bits per heavy atom. The van der Waals surface area contributed by atoms with Gasteiger partial charge in [0.05, 0.1) is 12.2 Å². The number of rotatable bonds is 4. The Hall–Kier alpha value is -0.120. The molecule has 3 nitrogen and oxygen atoms in total. The number of aliphatic hydroxyl groups excluding tert-OH is 1. The molecule has 3 heteroatoms. The van der Waals surface area contributed by atoms with E-state index in [2.05, 4.69) is 11.8 Å². The largest absolute Gasteiger partial charge is 0.391 e. The summed E-state index contributed by atoms with van der Waals surface area (Å²) < 4.78 is 5.69. The number of hydrogen-bond donors (Lipinski definition) is 1. The molecule has 1 N–H and O–H groups in total. The van der Waals surface area contributed by atoms with Crippen molar-refractivity contribution < 1.29 is 9.84 Å². The van der Waals surface area contributed by atoms with Crippen LogP contribution in [0.15, 0.2) is 0 Å². The lowest BCUT2D eigenvalue weighted by molar-refractivity contribution is -0.00558. The van der Waals surface area contributed by atoms with Crippen molar-refractivity contribution in [1.29, 1.82) is 0 Å². The van der Waals surface area contributed by atoms with Crippen LogP contribution in [-0.2, 0) is 4.74 Å². The summed E-state index contributed by atoms with van der Waals surface area (Å²) in [5, 5.41) is 10.1. The van der Waals surface area contributed by atoms with Gasteiger partial charge in [-0.05, 0) is 32.2 Å². The van der Waals surface area contributed by atoms with Gasteiger partial charge in [-0.1, -0.05) is 19.8 Å². The van der Waals surface area contributed by atoms with E-state index in [4.69, 9.17) is 4.74 Å². The summed E-state index contributed by atoms with van der Waals surface area (Å²) in [5.74, 6) is 0. The molecule has 94 valence electrons. The van der Waals surface area contributed by atoms with Gasteiger partial charge in [0.15, 0.2) is 0 Å². The summed E-state index contributed by atoms with van der Waals surface area (Å²) in [5.41, 5.74) is 0. The Kier molecular flexibility index (Phi) is 4.62. The van der Waals surface area contributed by atoms with Crippen LogP contribution in [-0.4, -0.2) is 48.0 Å². The van der Waals surface area contributed by atoms with Gasteiger partial charge in [0.2, 0.25) is 0 Å². The third-order valence-corrected chi connectivity index (χ3v) is 4.03. The summed E-state index contributed by atoms with van der Waals surface area (Å²) in [6, 6.07) is 0.378. The van der Waals surface area contributed by atoms with Crippen molar-refractivity contribution in [3.05, 3.63) is 0 Å². The fraction of sp³-hybridized carbons (Fsp3) is 1.00. The van der Waals surface area contributed by atoms with Crippen molar-refractivity contribution in [2.75, 3.05) is 19.7 Å². The van der Waals surface area contributed by atoms with Gasteiger partial charge in [0, 0.05) is 19.2 Å². The highest BCUT2D eigenvalue weighted by atomic mass is 16.5. The van der Waals surface area contributed by atoms with Crippen LogP contribution >= 0.6 is 0 Å². The molecule has 0 radical (unpaired) electrons. The lowest BCUT2D eigenvalue weighted by atomic mass is 9.91. The van der Waals surface area contributed by atoms with Gasteiger partial charge in [-0.3, -0.25) is 4.90 Å². The van der Waals surface area contributed by atoms with Gasteiger partial charge in [0.25, 0.3) is 0 Å². The predicted octanol–water partition coefficient (Wildman–Crippen LogP) is 1.79. The van der Waals surface area contributed by atoms with Crippen molar-refractivity contribution >= 4 is 0 Å². The molecular formula is C13H25NO2. The highest BCUT2D eigenvalue weighted by Crippen LogP contribution is 2.24. The van der Waals surface area contributed by atoms with Gasteiger partial charge in [-0.15, -0.1) is 0 Å². The van der Waals surface area contributed by atoms with Gasteiger partial charge < -0.3 is 9.84 Å². The second-order valence-corrected chi connectivity index (χ2v) is 5.14. The number of aliphatic hydroxyl groups is 1. The molecule has 2 rings (SSSR count).